The zero-order valence-corrected chi connectivity index (χ0v) is 11.8. The van der Waals surface area contributed by atoms with Crippen LogP contribution >= 0.6 is 0 Å². The lowest BCUT2D eigenvalue weighted by Gasteiger charge is -2.01. The third-order valence-electron chi connectivity index (χ3n) is 3.07. The van der Waals surface area contributed by atoms with Crippen LogP contribution in [0, 0.1) is 18.3 Å². The largest absolute Gasteiger partial charge is 0.466 e. The molecule has 6 heteroatoms. The quantitative estimate of drug-likeness (QED) is 0.861. The van der Waals surface area contributed by atoms with Crippen molar-refractivity contribution in [3.8, 4) is 11.8 Å². The first-order chi connectivity index (χ1) is 10.1. The summed E-state index contributed by atoms with van der Waals surface area (Å²) in [6, 6.07) is 8.62. The number of hydrogen-bond donors (Lipinski definition) is 1. The van der Waals surface area contributed by atoms with Crippen LogP contribution in [0.15, 0.2) is 29.1 Å². The van der Waals surface area contributed by atoms with Crippen molar-refractivity contribution in [3.05, 3.63) is 51.4 Å². The molecule has 6 nitrogen and oxygen atoms in total. The molecule has 0 saturated carbocycles. The summed E-state index contributed by atoms with van der Waals surface area (Å²) < 4.78 is 6.22. The van der Waals surface area contributed by atoms with Crippen molar-refractivity contribution in [1.29, 1.82) is 5.26 Å². The van der Waals surface area contributed by atoms with Gasteiger partial charge in [-0.1, -0.05) is 0 Å². The zero-order valence-electron chi connectivity index (χ0n) is 11.8. The fourth-order valence-corrected chi connectivity index (χ4v) is 2.01. The third kappa shape index (κ3) is 3.03. The Kier molecular flexibility index (Phi) is 4.24. The molecule has 0 aliphatic heterocycles. The zero-order chi connectivity index (χ0) is 15.4. The predicted octanol–water partition coefficient (Wildman–Crippen LogP) is 1.45. The number of benzene rings is 1. The molecule has 0 amide bonds. The second-order valence-electron chi connectivity index (χ2n) is 4.50. The molecule has 1 aromatic heterocycles. The van der Waals surface area contributed by atoms with Crippen LogP contribution in [-0.2, 0) is 16.0 Å². The fourth-order valence-electron chi connectivity index (χ4n) is 2.01. The highest BCUT2D eigenvalue weighted by Crippen LogP contribution is 2.09. The Balaban J connectivity index is 2.36. The highest BCUT2D eigenvalue weighted by molar-refractivity contribution is 5.72. The molecule has 108 valence electrons. The van der Waals surface area contributed by atoms with Crippen LogP contribution < -0.4 is 5.56 Å². The fraction of sp³-hybridized carbons (Fsp3) is 0.267. The summed E-state index contributed by atoms with van der Waals surface area (Å²) in [6.45, 7) is 3.74. The van der Waals surface area contributed by atoms with Crippen molar-refractivity contribution >= 4 is 5.97 Å². The van der Waals surface area contributed by atoms with Gasteiger partial charge in [0, 0.05) is 5.69 Å². The van der Waals surface area contributed by atoms with E-state index in [1.54, 1.807) is 38.1 Å². The Bertz CT molecular complexity index is 748. The maximum absolute atomic E-state index is 12.3. The minimum Gasteiger partial charge on any atom is -0.466 e. The first-order valence-corrected chi connectivity index (χ1v) is 6.53. The normalized spacial score (nSPS) is 10.1. The molecule has 21 heavy (non-hydrogen) atoms. The number of ether oxygens (including phenoxy) is 1. The van der Waals surface area contributed by atoms with Gasteiger partial charge in [-0.2, -0.15) is 5.26 Å². The number of nitrogens with one attached hydrogen (secondary N) is 1. The van der Waals surface area contributed by atoms with Crippen molar-refractivity contribution < 1.29 is 9.53 Å². The van der Waals surface area contributed by atoms with Crippen LogP contribution in [0.3, 0.4) is 0 Å². The topological polar surface area (TPSA) is 87.9 Å². The number of carbonyl (C=O) groups excluding carboxylic acids is 1. The van der Waals surface area contributed by atoms with Gasteiger partial charge in [0.15, 0.2) is 0 Å². The standard InChI is InChI=1S/C15H15N3O3/c1-3-21-14(19)8-13-10(2)17-18(15(13)20)12-6-4-11(9-16)5-7-12/h4-7,17H,3,8H2,1-2H3. The molecule has 1 aromatic carbocycles. The SMILES string of the molecule is CCOC(=O)Cc1c(C)[nH]n(-c2ccc(C#N)cc2)c1=O. The Labute approximate surface area is 121 Å². The van der Waals surface area contributed by atoms with Gasteiger partial charge < -0.3 is 4.74 Å². The lowest BCUT2D eigenvalue weighted by Crippen LogP contribution is -2.20. The Morgan fingerprint density at radius 1 is 1.38 bits per heavy atom. The molecule has 2 aromatic rings. The molecule has 2 rings (SSSR count). The van der Waals surface area contributed by atoms with Gasteiger partial charge in [-0.15, -0.1) is 0 Å². The van der Waals surface area contributed by atoms with E-state index in [9.17, 15) is 9.59 Å². The van der Waals surface area contributed by atoms with Crippen molar-refractivity contribution in [2.75, 3.05) is 6.61 Å². The number of nitriles is 1. The van der Waals surface area contributed by atoms with Gasteiger partial charge >= 0.3 is 5.97 Å². The predicted molar refractivity (Wildman–Crippen MR) is 76.2 cm³/mol. The highest BCUT2D eigenvalue weighted by atomic mass is 16.5. The molecule has 0 saturated heterocycles. The number of nitrogens with zero attached hydrogens (tertiary/aromatic N) is 2. The van der Waals surface area contributed by atoms with E-state index >= 15 is 0 Å². The highest BCUT2D eigenvalue weighted by Gasteiger charge is 2.16. The van der Waals surface area contributed by atoms with E-state index in [4.69, 9.17) is 10.00 Å². The van der Waals surface area contributed by atoms with E-state index < -0.39 is 5.97 Å². The van der Waals surface area contributed by atoms with Crippen LogP contribution in [0.5, 0.6) is 0 Å². The Morgan fingerprint density at radius 3 is 2.62 bits per heavy atom. The number of rotatable bonds is 4. The van der Waals surface area contributed by atoms with Crippen molar-refractivity contribution in [2.24, 2.45) is 0 Å². The number of hydrogen-bond acceptors (Lipinski definition) is 4. The molecule has 0 bridgehead atoms. The Morgan fingerprint density at radius 2 is 2.05 bits per heavy atom. The second-order valence-corrected chi connectivity index (χ2v) is 4.50. The molecule has 0 aliphatic carbocycles. The number of aryl methyl sites for hydroxylation is 1. The maximum Gasteiger partial charge on any atom is 0.310 e. The van der Waals surface area contributed by atoms with Crippen LogP contribution in [0.25, 0.3) is 5.69 Å². The monoisotopic (exact) mass is 285 g/mol. The number of aromatic amines is 1. The molecular weight excluding hydrogens is 270 g/mol. The second kappa shape index (κ2) is 6.09. The van der Waals surface area contributed by atoms with Gasteiger partial charge in [0.05, 0.1) is 35.9 Å². The molecule has 1 heterocycles. The summed E-state index contributed by atoms with van der Waals surface area (Å²) in [5, 5.41) is 11.7. The number of esters is 1. The van der Waals surface area contributed by atoms with Crippen LogP contribution in [0.2, 0.25) is 0 Å². The third-order valence-corrected chi connectivity index (χ3v) is 3.07. The molecular formula is C15H15N3O3. The van der Waals surface area contributed by atoms with E-state index in [2.05, 4.69) is 5.10 Å². The van der Waals surface area contributed by atoms with Gasteiger partial charge in [0.2, 0.25) is 0 Å². The van der Waals surface area contributed by atoms with Gasteiger partial charge in [0.25, 0.3) is 5.56 Å². The number of H-pyrrole nitrogens is 1. The average molecular weight is 285 g/mol. The maximum atomic E-state index is 12.3. The summed E-state index contributed by atoms with van der Waals surface area (Å²) in [6.07, 6.45) is -0.0573. The van der Waals surface area contributed by atoms with Crippen molar-refractivity contribution in [3.63, 3.8) is 0 Å². The van der Waals surface area contributed by atoms with E-state index in [-0.39, 0.29) is 18.6 Å². The molecule has 0 atom stereocenters. The van der Waals surface area contributed by atoms with E-state index in [0.29, 0.717) is 22.5 Å². The molecule has 0 aliphatic rings. The Hall–Kier alpha value is -2.81. The van der Waals surface area contributed by atoms with Crippen LogP contribution in [0.4, 0.5) is 0 Å². The summed E-state index contributed by atoms with van der Waals surface area (Å²) >= 11 is 0. The minimum absolute atomic E-state index is 0.0573. The smallest absolute Gasteiger partial charge is 0.310 e. The molecule has 0 unspecified atom stereocenters. The van der Waals surface area contributed by atoms with E-state index in [1.165, 1.54) is 4.68 Å². The summed E-state index contributed by atoms with van der Waals surface area (Å²) in [4.78, 5) is 23.9. The molecule has 0 spiro atoms. The number of carbonyl (C=O) groups is 1. The van der Waals surface area contributed by atoms with Gasteiger partial charge in [-0.25, -0.2) is 4.68 Å². The van der Waals surface area contributed by atoms with Gasteiger partial charge in [-0.05, 0) is 38.1 Å². The lowest BCUT2D eigenvalue weighted by atomic mass is 10.2. The number of aromatic nitrogens is 2. The first kappa shape index (κ1) is 14.6. The minimum atomic E-state index is -0.427. The van der Waals surface area contributed by atoms with E-state index in [1.807, 2.05) is 6.07 Å². The summed E-state index contributed by atoms with van der Waals surface area (Å²) in [5.41, 5.74) is 1.85. The van der Waals surface area contributed by atoms with Gasteiger partial charge in [-0.3, -0.25) is 14.7 Å². The van der Waals surface area contributed by atoms with Crippen LogP contribution in [0.1, 0.15) is 23.7 Å². The molecule has 1 N–H and O–H groups in total. The average Bonchev–Trinajstić information content (AvgIpc) is 2.76. The van der Waals surface area contributed by atoms with Crippen molar-refractivity contribution in [1.82, 2.24) is 9.78 Å². The molecule has 0 fully saturated rings. The summed E-state index contributed by atoms with van der Waals surface area (Å²) in [5.74, 6) is -0.427. The molecule has 0 radical (unpaired) electrons. The first-order valence-electron chi connectivity index (χ1n) is 6.53. The van der Waals surface area contributed by atoms with Crippen LogP contribution in [-0.4, -0.2) is 22.4 Å². The van der Waals surface area contributed by atoms with Gasteiger partial charge in [0.1, 0.15) is 0 Å². The lowest BCUT2D eigenvalue weighted by molar-refractivity contribution is -0.142. The van der Waals surface area contributed by atoms with E-state index in [0.717, 1.165) is 0 Å². The summed E-state index contributed by atoms with van der Waals surface area (Å²) in [7, 11) is 0. The van der Waals surface area contributed by atoms with Crippen molar-refractivity contribution in [2.45, 2.75) is 20.3 Å².